The van der Waals surface area contributed by atoms with Gasteiger partial charge in [-0.25, -0.2) is 0 Å². The summed E-state index contributed by atoms with van der Waals surface area (Å²) >= 11 is 1.35. The van der Waals surface area contributed by atoms with Gasteiger partial charge in [0.05, 0.1) is 12.9 Å². The highest BCUT2D eigenvalue weighted by molar-refractivity contribution is 7.99. The van der Waals surface area contributed by atoms with Gasteiger partial charge in [-0.2, -0.15) is 0 Å². The molecule has 0 aliphatic rings. The molecule has 1 aromatic heterocycles. The van der Waals surface area contributed by atoms with Gasteiger partial charge >= 0.3 is 0 Å². The smallest absolute Gasteiger partial charge is 0.234 e. The second kappa shape index (κ2) is 9.80. The molecule has 0 aliphatic carbocycles. The van der Waals surface area contributed by atoms with Crippen molar-refractivity contribution in [2.24, 2.45) is 0 Å². The lowest BCUT2D eigenvalue weighted by Gasteiger charge is -2.09. The van der Waals surface area contributed by atoms with Gasteiger partial charge in [-0.15, -0.1) is 10.2 Å². The van der Waals surface area contributed by atoms with E-state index >= 15 is 0 Å². The lowest BCUT2D eigenvalue weighted by molar-refractivity contribution is -0.113. The fourth-order valence-corrected chi connectivity index (χ4v) is 3.34. The van der Waals surface area contributed by atoms with E-state index in [4.69, 9.17) is 9.47 Å². The van der Waals surface area contributed by atoms with Crippen molar-refractivity contribution in [2.45, 2.75) is 25.2 Å². The highest BCUT2D eigenvalue weighted by Crippen LogP contribution is 2.20. The zero-order valence-electron chi connectivity index (χ0n) is 15.8. The normalized spacial score (nSPS) is 10.5. The van der Waals surface area contributed by atoms with E-state index in [0.29, 0.717) is 18.3 Å². The fraction of sp³-hybridized carbons (Fsp3) is 0.250. The van der Waals surface area contributed by atoms with Gasteiger partial charge in [-0.1, -0.05) is 30.0 Å². The molecule has 28 heavy (non-hydrogen) atoms. The molecule has 0 radical (unpaired) electrons. The fourth-order valence-electron chi connectivity index (χ4n) is 2.52. The summed E-state index contributed by atoms with van der Waals surface area (Å²) in [6, 6.07) is 16.8. The van der Waals surface area contributed by atoms with Gasteiger partial charge in [0.25, 0.3) is 0 Å². The quantitative estimate of drug-likeness (QED) is 0.555. The lowest BCUT2D eigenvalue weighted by atomic mass is 10.3. The van der Waals surface area contributed by atoms with Crippen molar-refractivity contribution in [3.8, 4) is 11.5 Å². The van der Waals surface area contributed by atoms with Crippen LogP contribution in [-0.4, -0.2) is 33.5 Å². The number of benzene rings is 2. The van der Waals surface area contributed by atoms with Gasteiger partial charge in [0.15, 0.2) is 11.0 Å². The van der Waals surface area contributed by atoms with Crippen molar-refractivity contribution in [3.05, 3.63) is 60.4 Å². The second-order valence-electron chi connectivity index (χ2n) is 5.81. The minimum atomic E-state index is -0.108. The number of carbonyl (C=O) groups is 1. The van der Waals surface area contributed by atoms with E-state index in [9.17, 15) is 4.79 Å². The predicted molar refractivity (Wildman–Crippen MR) is 109 cm³/mol. The summed E-state index contributed by atoms with van der Waals surface area (Å²) in [6.45, 7) is 3.03. The van der Waals surface area contributed by atoms with Crippen molar-refractivity contribution in [1.82, 2.24) is 14.8 Å². The molecule has 1 heterocycles. The van der Waals surface area contributed by atoms with E-state index in [-0.39, 0.29) is 11.7 Å². The van der Waals surface area contributed by atoms with E-state index in [1.165, 1.54) is 11.8 Å². The molecule has 0 saturated heterocycles. The van der Waals surface area contributed by atoms with Crippen LogP contribution in [0.15, 0.2) is 59.8 Å². The third-order valence-electron chi connectivity index (χ3n) is 3.93. The number of carbonyl (C=O) groups excluding carboxylic acids is 1. The van der Waals surface area contributed by atoms with Crippen LogP contribution in [0, 0.1) is 0 Å². The van der Waals surface area contributed by atoms with Crippen LogP contribution in [0.2, 0.25) is 0 Å². The first-order valence-electron chi connectivity index (χ1n) is 8.86. The SMILES string of the molecule is CCn1c(COc2ccccc2)nnc1SCC(=O)Nc1ccc(OC)cc1. The Bertz CT molecular complexity index is 898. The molecule has 0 aliphatic heterocycles. The molecular formula is C20H22N4O3S. The van der Waals surface area contributed by atoms with E-state index < -0.39 is 0 Å². The third-order valence-corrected chi connectivity index (χ3v) is 4.89. The standard InChI is InChI=1S/C20H22N4O3S/c1-3-24-18(13-27-17-7-5-4-6-8-17)22-23-20(24)28-14-19(25)21-15-9-11-16(26-2)12-10-15/h4-12H,3,13-14H2,1-2H3,(H,21,25). The average molecular weight is 398 g/mol. The zero-order valence-corrected chi connectivity index (χ0v) is 16.6. The Labute approximate surface area is 168 Å². The molecule has 0 bridgehead atoms. The monoisotopic (exact) mass is 398 g/mol. The number of nitrogens with zero attached hydrogens (tertiary/aromatic N) is 3. The third kappa shape index (κ3) is 5.26. The highest BCUT2D eigenvalue weighted by Gasteiger charge is 2.14. The molecule has 0 unspecified atom stereocenters. The second-order valence-corrected chi connectivity index (χ2v) is 6.75. The number of amides is 1. The number of hydrogen-bond donors (Lipinski definition) is 1. The Morgan fingerprint density at radius 1 is 1.07 bits per heavy atom. The van der Waals surface area contributed by atoms with Crippen LogP contribution < -0.4 is 14.8 Å². The number of hydrogen-bond acceptors (Lipinski definition) is 6. The van der Waals surface area contributed by atoms with Gasteiger partial charge in [-0.05, 0) is 43.3 Å². The number of ether oxygens (including phenoxy) is 2. The summed E-state index contributed by atoms with van der Waals surface area (Å²) in [7, 11) is 1.60. The van der Waals surface area contributed by atoms with Gasteiger partial charge < -0.3 is 19.4 Å². The average Bonchev–Trinajstić information content (AvgIpc) is 3.14. The molecule has 146 valence electrons. The summed E-state index contributed by atoms with van der Waals surface area (Å²) in [6.07, 6.45) is 0. The maximum atomic E-state index is 12.2. The topological polar surface area (TPSA) is 78.3 Å². The molecule has 0 spiro atoms. The Hall–Kier alpha value is -3.00. The van der Waals surface area contributed by atoms with Crippen LogP contribution in [0.3, 0.4) is 0 Å². The molecule has 8 heteroatoms. The van der Waals surface area contributed by atoms with E-state index in [1.54, 1.807) is 31.4 Å². The maximum Gasteiger partial charge on any atom is 0.234 e. The molecule has 1 amide bonds. The van der Waals surface area contributed by atoms with Gasteiger partial charge in [0, 0.05) is 12.2 Å². The van der Waals surface area contributed by atoms with Crippen LogP contribution in [0.1, 0.15) is 12.7 Å². The van der Waals surface area contributed by atoms with Crippen LogP contribution in [0.25, 0.3) is 0 Å². The van der Waals surface area contributed by atoms with Crippen molar-refractivity contribution in [3.63, 3.8) is 0 Å². The number of thioether (sulfide) groups is 1. The number of rotatable bonds is 9. The molecule has 2 aromatic carbocycles. The number of para-hydroxylation sites is 1. The van der Waals surface area contributed by atoms with Crippen LogP contribution in [-0.2, 0) is 17.9 Å². The molecule has 7 nitrogen and oxygen atoms in total. The van der Waals surface area contributed by atoms with Gasteiger partial charge in [0.1, 0.15) is 18.1 Å². The summed E-state index contributed by atoms with van der Waals surface area (Å²) in [5.41, 5.74) is 0.723. The largest absolute Gasteiger partial charge is 0.497 e. The number of aromatic nitrogens is 3. The summed E-state index contributed by atoms with van der Waals surface area (Å²) < 4.78 is 12.8. The van der Waals surface area contributed by atoms with Crippen molar-refractivity contribution in [2.75, 3.05) is 18.2 Å². The van der Waals surface area contributed by atoms with E-state index in [0.717, 1.165) is 23.0 Å². The Morgan fingerprint density at radius 2 is 1.82 bits per heavy atom. The molecule has 3 aromatic rings. The first-order chi connectivity index (χ1) is 13.7. The molecule has 1 N–H and O–H groups in total. The van der Waals surface area contributed by atoms with E-state index in [2.05, 4.69) is 15.5 Å². The first-order valence-corrected chi connectivity index (χ1v) is 9.84. The number of methoxy groups -OCH3 is 1. The summed E-state index contributed by atoms with van der Waals surface area (Å²) in [4.78, 5) is 12.2. The Kier molecular flexibility index (Phi) is 6.91. The van der Waals surface area contributed by atoms with Crippen molar-refractivity contribution >= 4 is 23.4 Å². The maximum absolute atomic E-state index is 12.2. The minimum absolute atomic E-state index is 0.108. The summed E-state index contributed by atoms with van der Waals surface area (Å²) in [5.74, 6) is 2.38. The number of anilines is 1. The zero-order chi connectivity index (χ0) is 19.8. The molecule has 0 atom stereocenters. The van der Waals surface area contributed by atoms with Crippen molar-refractivity contribution < 1.29 is 14.3 Å². The van der Waals surface area contributed by atoms with Crippen LogP contribution >= 0.6 is 11.8 Å². The van der Waals surface area contributed by atoms with Gasteiger partial charge in [0.2, 0.25) is 5.91 Å². The molecule has 3 rings (SSSR count). The highest BCUT2D eigenvalue weighted by atomic mass is 32.2. The first kappa shape index (κ1) is 19.8. The minimum Gasteiger partial charge on any atom is -0.497 e. The molecular weight excluding hydrogens is 376 g/mol. The molecule has 0 saturated carbocycles. The summed E-state index contributed by atoms with van der Waals surface area (Å²) in [5, 5.41) is 12.0. The van der Waals surface area contributed by atoms with Crippen LogP contribution in [0.5, 0.6) is 11.5 Å². The Morgan fingerprint density at radius 3 is 2.50 bits per heavy atom. The Balaban J connectivity index is 1.54. The predicted octanol–water partition coefficient (Wildman–Crippen LogP) is 3.62. The molecule has 0 fully saturated rings. The van der Waals surface area contributed by atoms with Gasteiger partial charge in [-0.3, -0.25) is 4.79 Å². The lowest BCUT2D eigenvalue weighted by Crippen LogP contribution is -2.14. The van der Waals surface area contributed by atoms with Crippen molar-refractivity contribution in [1.29, 1.82) is 0 Å². The van der Waals surface area contributed by atoms with Crippen LogP contribution in [0.4, 0.5) is 5.69 Å². The number of nitrogens with one attached hydrogen (secondary N) is 1. The van der Waals surface area contributed by atoms with E-state index in [1.807, 2.05) is 41.8 Å².